The first kappa shape index (κ1) is 22.6. The second kappa shape index (κ2) is 10.3. The number of nitrogens with zero attached hydrogens (tertiary/aromatic N) is 2. The summed E-state index contributed by atoms with van der Waals surface area (Å²) >= 11 is 6.15. The summed E-state index contributed by atoms with van der Waals surface area (Å²) < 4.78 is 5.77. The highest BCUT2D eigenvalue weighted by molar-refractivity contribution is 6.31. The van der Waals surface area contributed by atoms with Crippen LogP contribution >= 0.6 is 11.6 Å². The van der Waals surface area contributed by atoms with Crippen LogP contribution in [0.2, 0.25) is 5.02 Å². The first-order chi connectivity index (χ1) is 16.0. The maximum Gasteiger partial charge on any atom is 0.245 e. The molecule has 0 unspecified atom stereocenters. The predicted octanol–water partition coefficient (Wildman–Crippen LogP) is 4.73. The van der Waals surface area contributed by atoms with Gasteiger partial charge >= 0.3 is 0 Å². The Hall–Kier alpha value is -3.64. The van der Waals surface area contributed by atoms with Crippen molar-refractivity contribution >= 4 is 35.3 Å². The normalized spacial score (nSPS) is 15.8. The van der Waals surface area contributed by atoms with Crippen LogP contribution in [-0.2, 0) is 16.2 Å². The zero-order valence-corrected chi connectivity index (χ0v) is 19.0. The first-order valence-electron chi connectivity index (χ1n) is 10.7. The number of carbonyl (C=O) groups excluding carboxylic acids is 2. The average Bonchev–Trinajstić information content (AvgIpc) is 3.21. The number of hydrogen-bond donors (Lipinski definition) is 1. The van der Waals surface area contributed by atoms with Crippen LogP contribution in [0.15, 0.2) is 77.9 Å². The van der Waals surface area contributed by atoms with Crippen molar-refractivity contribution in [2.24, 2.45) is 11.0 Å². The van der Waals surface area contributed by atoms with Crippen LogP contribution in [-0.4, -0.2) is 24.6 Å². The average molecular weight is 462 g/mol. The molecule has 1 aliphatic heterocycles. The van der Waals surface area contributed by atoms with Crippen molar-refractivity contribution in [3.63, 3.8) is 0 Å². The third-order valence-corrected chi connectivity index (χ3v) is 5.83. The number of amides is 2. The van der Waals surface area contributed by atoms with Crippen molar-refractivity contribution < 1.29 is 14.3 Å². The third kappa shape index (κ3) is 5.79. The molecule has 33 heavy (non-hydrogen) atoms. The van der Waals surface area contributed by atoms with Crippen molar-refractivity contribution in [1.29, 1.82) is 0 Å². The molecule has 0 radical (unpaired) electrons. The quantitative estimate of drug-likeness (QED) is 0.408. The summed E-state index contributed by atoms with van der Waals surface area (Å²) in [5.41, 5.74) is 6.20. The van der Waals surface area contributed by atoms with Crippen molar-refractivity contribution in [3.05, 3.63) is 94.5 Å². The number of aryl methyl sites for hydroxylation is 1. The van der Waals surface area contributed by atoms with Gasteiger partial charge in [-0.15, -0.1) is 0 Å². The molecule has 0 saturated carbocycles. The standard InChI is InChI=1S/C26H24ClN3O3/c1-18-6-10-22(11-7-18)30-16-21(14-25(30)31)26(32)29-28-15-19-8-12-23(13-9-19)33-17-20-4-2-3-5-24(20)27/h2-13,15,21H,14,16-17H2,1H3,(H,29,32)/b28-15+/t21-/m1/s1. The molecule has 1 atom stereocenters. The highest BCUT2D eigenvalue weighted by atomic mass is 35.5. The Kier molecular flexibility index (Phi) is 7.05. The van der Waals surface area contributed by atoms with Gasteiger partial charge in [-0.2, -0.15) is 5.10 Å². The van der Waals surface area contributed by atoms with E-state index in [-0.39, 0.29) is 18.2 Å². The third-order valence-electron chi connectivity index (χ3n) is 5.46. The molecule has 1 N–H and O–H groups in total. The minimum Gasteiger partial charge on any atom is -0.489 e. The van der Waals surface area contributed by atoms with E-state index in [0.717, 1.165) is 22.4 Å². The molecule has 0 bridgehead atoms. The molecule has 1 aliphatic rings. The van der Waals surface area contributed by atoms with Crippen LogP contribution in [0.4, 0.5) is 5.69 Å². The fourth-order valence-electron chi connectivity index (χ4n) is 3.55. The van der Waals surface area contributed by atoms with E-state index in [9.17, 15) is 9.59 Å². The van der Waals surface area contributed by atoms with E-state index in [1.54, 1.807) is 11.1 Å². The van der Waals surface area contributed by atoms with E-state index in [0.29, 0.717) is 23.9 Å². The molecule has 168 valence electrons. The molecule has 3 aromatic carbocycles. The van der Waals surface area contributed by atoms with Gasteiger partial charge in [-0.05, 0) is 55.0 Å². The van der Waals surface area contributed by atoms with Gasteiger partial charge in [0.25, 0.3) is 0 Å². The Bertz CT molecular complexity index is 1160. The van der Waals surface area contributed by atoms with Crippen LogP contribution < -0.4 is 15.1 Å². The van der Waals surface area contributed by atoms with Crippen LogP contribution in [0.1, 0.15) is 23.1 Å². The highest BCUT2D eigenvalue weighted by Gasteiger charge is 2.35. The predicted molar refractivity (Wildman–Crippen MR) is 130 cm³/mol. The molecule has 0 spiro atoms. The summed E-state index contributed by atoms with van der Waals surface area (Å²) in [5.74, 6) is -0.0578. The summed E-state index contributed by atoms with van der Waals surface area (Å²) in [4.78, 5) is 26.5. The van der Waals surface area contributed by atoms with Crippen molar-refractivity contribution in [1.82, 2.24) is 5.43 Å². The molecule has 1 saturated heterocycles. The molecule has 0 aromatic heterocycles. The van der Waals surface area contributed by atoms with E-state index in [1.807, 2.05) is 79.7 Å². The topological polar surface area (TPSA) is 71.0 Å². The fourth-order valence-corrected chi connectivity index (χ4v) is 3.74. The molecule has 1 fully saturated rings. The molecule has 4 rings (SSSR count). The van der Waals surface area contributed by atoms with Gasteiger partial charge in [0.1, 0.15) is 12.4 Å². The van der Waals surface area contributed by atoms with Crippen LogP contribution in [0, 0.1) is 12.8 Å². The van der Waals surface area contributed by atoms with Crippen LogP contribution in [0.3, 0.4) is 0 Å². The molecular weight excluding hydrogens is 438 g/mol. The molecule has 7 heteroatoms. The lowest BCUT2D eigenvalue weighted by Crippen LogP contribution is -2.30. The SMILES string of the molecule is Cc1ccc(N2C[C@H](C(=O)N/N=C/c3ccc(OCc4ccccc4Cl)cc3)CC2=O)cc1. The Morgan fingerprint density at radius 1 is 1.12 bits per heavy atom. The monoisotopic (exact) mass is 461 g/mol. The van der Waals surface area contributed by atoms with E-state index < -0.39 is 5.92 Å². The highest BCUT2D eigenvalue weighted by Crippen LogP contribution is 2.25. The van der Waals surface area contributed by atoms with Gasteiger partial charge in [0.05, 0.1) is 12.1 Å². The van der Waals surface area contributed by atoms with Crippen LogP contribution in [0.5, 0.6) is 5.75 Å². The Morgan fingerprint density at radius 2 is 1.85 bits per heavy atom. The molecule has 0 aliphatic carbocycles. The number of hydrogen-bond acceptors (Lipinski definition) is 4. The second-order valence-electron chi connectivity index (χ2n) is 7.92. The van der Waals surface area contributed by atoms with Gasteiger partial charge < -0.3 is 9.64 Å². The van der Waals surface area contributed by atoms with E-state index in [2.05, 4.69) is 10.5 Å². The number of hydrazone groups is 1. The second-order valence-corrected chi connectivity index (χ2v) is 8.33. The van der Waals surface area contributed by atoms with Crippen molar-refractivity contribution in [2.75, 3.05) is 11.4 Å². The zero-order chi connectivity index (χ0) is 23.2. The maximum absolute atomic E-state index is 12.5. The summed E-state index contributed by atoms with van der Waals surface area (Å²) in [6, 6.07) is 22.6. The van der Waals surface area contributed by atoms with Gasteiger partial charge in [0.2, 0.25) is 11.8 Å². The first-order valence-corrected chi connectivity index (χ1v) is 11.0. The summed E-state index contributed by atoms with van der Waals surface area (Å²) in [7, 11) is 0. The smallest absolute Gasteiger partial charge is 0.245 e. The number of ether oxygens (including phenoxy) is 1. The molecule has 3 aromatic rings. The summed E-state index contributed by atoms with van der Waals surface area (Å²) in [6.07, 6.45) is 1.73. The molecule has 2 amide bonds. The zero-order valence-electron chi connectivity index (χ0n) is 18.2. The number of nitrogens with one attached hydrogen (secondary N) is 1. The number of benzene rings is 3. The lowest BCUT2D eigenvalue weighted by molar-refractivity contribution is -0.126. The van der Waals surface area contributed by atoms with Crippen LogP contribution in [0.25, 0.3) is 0 Å². The lowest BCUT2D eigenvalue weighted by atomic mass is 10.1. The van der Waals surface area contributed by atoms with Gasteiger partial charge in [0.15, 0.2) is 0 Å². The van der Waals surface area contributed by atoms with Gasteiger partial charge in [-0.25, -0.2) is 5.43 Å². The number of rotatable bonds is 7. The largest absolute Gasteiger partial charge is 0.489 e. The van der Waals surface area contributed by atoms with Crippen molar-refractivity contribution in [2.45, 2.75) is 20.0 Å². The Morgan fingerprint density at radius 3 is 2.58 bits per heavy atom. The Labute approximate surface area is 197 Å². The fraction of sp³-hybridized carbons (Fsp3) is 0.192. The van der Waals surface area contributed by atoms with Gasteiger partial charge in [-0.1, -0.05) is 47.5 Å². The molecule has 1 heterocycles. The summed E-state index contributed by atoms with van der Waals surface area (Å²) in [6.45, 7) is 2.72. The van der Waals surface area contributed by atoms with Gasteiger partial charge in [-0.3, -0.25) is 9.59 Å². The maximum atomic E-state index is 12.5. The lowest BCUT2D eigenvalue weighted by Gasteiger charge is -2.16. The molecule has 6 nitrogen and oxygen atoms in total. The number of halogens is 1. The Balaban J connectivity index is 1.27. The van der Waals surface area contributed by atoms with Crippen molar-refractivity contribution in [3.8, 4) is 5.75 Å². The van der Waals surface area contributed by atoms with E-state index in [4.69, 9.17) is 16.3 Å². The van der Waals surface area contributed by atoms with E-state index >= 15 is 0 Å². The summed E-state index contributed by atoms with van der Waals surface area (Å²) in [5, 5.41) is 4.71. The minimum atomic E-state index is -0.434. The number of anilines is 1. The van der Waals surface area contributed by atoms with E-state index in [1.165, 1.54) is 0 Å². The van der Waals surface area contributed by atoms with Gasteiger partial charge in [0, 0.05) is 29.2 Å². The minimum absolute atomic E-state index is 0.0599. The number of carbonyl (C=O) groups is 2. The molecular formula is C26H24ClN3O3.